The molecule has 0 aliphatic heterocycles. The van der Waals surface area contributed by atoms with Gasteiger partial charge in [0.2, 0.25) is 0 Å². The smallest absolute Gasteiger partial charge is 0.259 e. The van der Waals surface area contributed by atoms with Crippen molar-refractivity contribution < 1.29 is 4.79 Å². The highest BCUT2D eigenvalue weighted by Crippen LogP contribution is 2.16. The van der Waals surface area contributed by atoms with Crippen molar-refractivity contribution in [1.29, 1.82) is 0 Å². The van der Waals surface area contributed by atoms with Gasteiger partial charge in [0.05, 0.1) is 23.1 Å². The molecule has 1 aromatic carbocycles. The predicted molar refractivity (Wildman–Crippen MR) is 89.2 cm³/mol. The maximum Gasteiger partial charge on any atom is 0.259 e. The van der Waals surface area contributed by atoms with Gasteiger partial charge < -0.3 is 5.32 Å². The number of nitrogens with zero attached hydrogens (tertiary/aromatic N) is 5. The van der Waals surface area contributed by atoms with Gasteiger partial charge in [0.1, 0.15) is 0 Å². The third kappa shape index (κ3) is 2.41. The summed E-state index contributed by atoms with van der Waals surface area (Å²) in [5.41, 5.74) is 3.49. The van der Waals surface area contributed by atoms with E-state index in [0.29, 0.717) is 16.9 Å². The molecule has 0 unspecified atom stereocenters. The largest absolute Gasteiger partial charge is 0.322 e. The lowest BCUT2D eigenvalue weighted by Crippen LogP contribution is -2.16. The van der Waals surface area contributed by atoms with Gasteiger partial charge in [-0.2, -0.15) is 10.2 Å². The Hall–Kier alpha value is -3.48. The number of amides is 1. The lowest BCUT2D eigenvalue weighted by Gasteiger charge is -2.10. The molecule has 0 radical (unpaired) electrons. The number of hydrogen-bond donors (Lipinski definition) is 1. The van der Waals surface area contributed by atoms with E-state index >= 15 is 0 Å². The molecule has 7 nitrogen and oxygen atoms in total. The molecule has 1 N–H and O–H groups in total. The molecule has 0 aliphatic rings. The van der Waals surface area contributed by atoms with Crippen LogP contribution in [-0.4, -0.2) is 30.3 Å². The summed E-state index contributed by atoms with van der Waals surface area (Å²) in [7, 11) is 0. The Labute approximate surface area is 137 Å². The van der Waals surface area contributed by atoms with Crippen molar-refractivity contribution in [3.8, 4) is 5.69 Å². The summed E-state index contributed by atoms with van der Waals surface area (Å²) in [5.74, 6) is -0.227. The average Bonchev–Trinajstić information content (AvgIpc) is 3.27. The van der Waals surface area contributed by atoms with E-state index in [9.17, 15) is 4.79 Å². The standard InChI is InChI=1S/C17H14N6O/c1-12-15(11-18-16-6-8-20-23(12)16)17(24)21-13-4-2-5-14(10-13)22-9-3-7-19-22/h2-11H,1H3,(H,21,24). The molecule has 4 aromatic rings. The fraction of sp³-hybridized carbons (Fsp3) is 0.0588. The Bertz CT molecular complexity index is 1020. The molecular weight excluding hydrogens is 304 g/mol. The third-order valence-electron chi connectivity index (χ3n) is 3.77. The lowest BCUT2D eigenvalue weighted by atomic mass is 10.2. The maximum absolute atomic E-state index is 12.6. The van der Waals surface area contributed by atoms with E-state index in [1.807, 2.05) is 43.5 Å². The number of benzene rings is 1. The van der Waals surface area contributed by atoms with Crippen LogP contribution in [0, 0.1) is 6.92 Å². The molecule has 4 rings (SSSR count). The minimum atomic E-state index is -0.227. The van der Waals surface area contributed by atoms with Gasteiger partial charge in [-0.15, -0.1) is 0 Å². The van der Waals surface area contributed by atoms with Gasteiger partial charge in [-0.05, 0) is 31.2 Å². The summed E-state index contributed by atoms with van der Waals surface area (Å²) in [4.78, 5) is 16.8. The van der Waals surface area contributed by atoms with Gasteiger partial charge in [-0.1, -0.05) is 6.07 Å². The quantitative estimate of drug-likeness (QED) is 0.629. The summed E-state index contributed by atoms with van der Waals surface area (Å²) in [6, 6.07) is 11.1. The van der Waals surface area contributed by atoms with Gasteiger partial charge in [0, 0.05) is 30.3 Å². The number of nitrogens with one attached hydrogen (secondary N) is 1. The molecule has 7 heteroatoms. The number of carbonyl (C=O) groups is 1. The number of hydrogen-bond acceptors (Lipinski definition) is 4. The monoisotopic (exact) mass is 318 g/mol. The van der Waals surface area contributed by atoms with Gasteiger partial charge in [0.15, 0.2) is 5.65 Å². The first kappa shape index (κ1) is 14.1. The van der Waals surface area contributed by atoms with Crippen LogP contribution in [0.1, 0.15) is 16.1 Å². The maximum atomic E-state index is 12.6. The molecule has 3 heterocycles. The summed E-state index contributed by atoms with van der Waals surface area (Å²) < 4.78 is 3.38. The number of anilines is 1. The summed E-state index contributed by atoms with van der Waals surface area (Å²) in [5, 5.41) is 11.3. The van der Waals surface area contributed by atoms with E-state index in [4.69, 9.17) is 0 Å². The molecule has 0 fully saturated rings. The molecule has 24 heavy (non-hydrogen) atoms. The molecule has 118 valence electrons. The second kappa shape index (κ2) is 5.62. The van der Waals surface area contributed by atoms with E-state index in [-0.39, 0.29) is 5.91 Å². The van der Waals surface area contributed by atoms with E-state index in [2.05, 4.69) is 20.5 Å². The van der Waals surface area contributed by atoms with E-state index in [0.717, 1.165) is 11.4 Å². The van der Waals surface area contributed by atoms with Crippen molar-refractivity contribution in [2.45, 2.75) is 6.92 Å². The molecule has 0 spiro atoms. The zero-order valence-electron chi connectivity index (χ0n) is 12.9. The number of rotatable bonds is 3. The highest BCUT2D eigenvalue weighted by atomic mass is 16.1. The van der Waals surface area contributed by atoms with Crippen LogP contribution in [0.3, 0.4) is 0 Å². The van der Waals surface area contributed by atoms with Gasteiger partial charge in [0.25, 0.3) is 5.91 Å². The lowest BCUT2D eigenvalue weighted by molar-refractivity contribution is 0.102. The third-order valence-corrected chi connectivity index (χ3v) is 3.77. The van der Waals surface area contributed by atoms with Crippen LogP contribution in [0.2, 0.25) is 0 Å². The Kier molecular flexibility index (Phi) is 3.31. The van der Waals surface area contributed by atoms with Crippen LogP contribution < -0.4 is 5.32 Å². The predicted octanol–water partition coefficient (Wildman–Crippen LogP) is 2.48. The van der Waals surface area contributed by atoms with Crippen LogP contribution in [0.4, 0.5) is 5.69 Å². The number of aryl methyl sites for hydroxylation is 1. The number of aromatic nitrogens is 5. The number of fused-ring (bicyclic) bond motifs is 1. The highest BCUT2D eigenvalue weighted by molar-refractivity contribution is 6.05. The molecule has 0 aliphatic carbocycles. The van der Waals surface area contributed by atoms with E-state index < -0.39 is 0 Å². The summed E-state index contributed by atoms with van der Waals surface area (Å²) >= 11 is 0. The van der Waals surface area contributed by atoms with Gasteiger partial charge in [-0.3, -0.25) is 4.79 Å². The SMILES string of the molecule is Cc1c(C(=O)Nc2cccc(-n3cccn3)c2)cnc2ccnn12. The van der Waals surface area contributed by atoms with Crippen LogP contribution in [0.15, 0.2) is 61.2 Å². The Morgan fingerprint density at radius 2 is 2.04 bits per heavy atom. The number of carbonyl (C=O) groups excluding carboxylic acids is 1. The Morgan fingerprint density at radius 1 is 1.12 bits per heavy atom. The van der Waals surface area contributed by atoms with Crippen molar-refractivity contribution in [2.75, 3.05) is 5.32 Å². The van der Waals surface area contributed by atoms with Crippen LogP contribution in [0.25, 0.3) is 11.3 Å². The normalized spacial score (nSPS) is 10.9. The fourth-order valence-electron chi connectivity index (χ4n) is 2.56. The van der Waals surface area contributed by atoms with Crippen molar-refractivity contribution in [3.05, 3.63) is 72.4 Å². The molecule has 3 aromatic heterocycles. The molecule has 0 saturated heterocycles. The summed E-state index contributed by atoms with van der Waals surface area (Å²) in [6.45, 7) is 1.84. The fourth-order valence-corrected chi connectivity index (χ4v) is 2.56. The molecule has 0 saturated carbocycles. The second-order valence-corrected chi connectivity index (χ2v) is 5.31. The first-order valence-corrected chi connectivity index (χ1v) is 7.43. The first-order chi connectivity index (χ1) is 11.7. The molecular formula is C17H14N6O. The van der Waals surface area contributed by atoms with Crippen molar-refractivity contribution >= 4 is 17.2 Å². The zero-order chi connectivity index (χ0) is 16.5. The van der Waals surface area contributed by atoms with Gasteiger partial charge in [-0.25, -0.2) is 14.2 Å². The van der Waals surface area contributed by atoms with E-state index in [1.54, 1.807) is 33.9 Å². The van der Waals surface area contributed by atoms with Crippen molar-refractivity contribution in [2.24, 2.45) is 0 Å². The minimum absolute atomic E-state index is 0.227. The highest BCUT2D eigenvalue weighted by Gasteiger charge is 2.13. The molecule has 0 bridgehead atoms. The molecule has 0 atom stereocenters. The van der Waals surface area contributed by atoms with Crippen LogP contribution >= 0.6 is 0 Å². The first-order valence-electron chi connectivity index (χ1n) is 7.43. The van der Waals surface area contributed by atoms with Gasteiger partial charge >= 0.3 is 0 Å². The van der Waals surface area contributed by atoms with Crippen LogP contribution in [0.5, 0.6) is 0 Å². The second-order valence-electron chi connectivity index (χ2n) is 5.31. The van der Waals surface area contributed by atoms with Crippen LogP contribution in [-0.2, 0) is 0 Å². The topological polar surface area (TPSA) is 77.1 Å². The Morgan fingerprint density at radius 3 is 2.88 bits per heavy atom. The summed E-state index contributed by atoms with van der Waals surface area (Å²) in [6.07, 6.45) is 6.78. The average molecular weight is 318 g/mol. The Balaban J connectivity index is 1.64. The van der Waals surface area contributed by atoms with Crippen molar-refractivity contribution in [3.63, 3.8) is 0 Å². The van der Waals surface area contributed by atoms with Crippen molar-refractivity contribution in [1.82, 2.24) is 24.4 Å². The molecule has 1 amide bonds. The van der Waals surface area contributed by atoms with E-state index in [1.165, 1.54) is 0 Å². The minimum Gasteiger partial charge on any atom is -0.322 e. The zero-order valence-corrected chi connectivity index (χ0v) is 12.9.